The highest BCUT2D eigenvalue weighted by Gasteiger charge is 2.26. The average Bonchev–Trinajstić information content (AvgIpc) is 3.00. The second-order valence-corrected chi connectivity index (χ2v) is 11.5. The van der Waals surface area contributed by atoms with Crippen molar-refractivity contribution in [2.45, 2.75) is 12.8 Å². The summed E-state index contributed by atoms with van der Waals surface area (Å²) in [7, 11) is 2.19. The predicted molar refractivity (Wildman–Crippen MR) is 162 cm³/mol. The summed E-state index contributed by atoms with van der Waals surface area (Å²) in [6, 6.07) is 13.2. The fourth-order valence-electron chi connectivity index (χ4n) is 5.60. The molecular formula is C31H33ClFN7O2. The molecule has 1 N–H and O–H groups in total. The zero-order chi connectivity index (χ0) is 29.1. The zero-order valence-corrected chi connectivity index (χ0v) is 24.2. The largest absolute Gasteiger partial charge is 0.415 e. The minimum absolute atomic E-state index is 0.267. The first kappa shape index (κ1) is 28.3. The SMILES string of the molecule is CN1CCC(CN2CCN(C(=O)Oc3ccc4c(Nc5cnnc(-c6cc(Cl)ccc6F)c5)ccnc4c3)CC2)CC1. The number of aromatic nitrogens is 3. The molecule has 0 bridgehead atoms. The number of carbonyl (C=O) groups excluding carboxylic acids is 1. The summed E-state index contributed by atoms with van der Waals surface area (Å²) in [5.41, 5.74) is 2.68. The number of nitrogens with zero attached hydrogens (tertiary/aromatic N) is 6. The van der Waals surface area contributed by atoms with Crippen molar-refractivity contribution in [3.05, 3.63) is 71.8 Å². The highest BCUT2D eigenvalue weighted by atomic mass is 35.5. The van der Waals surface area contributed by atoms with Crippen molar-refractivity contribution >= 4 is 40.0 Å². The van der Waals surface area contributed by atoms with E-state index in [2.05, 4.69) is 37.3 Å². The summed E-state index contributed by atoms with van der Waals surface area (Å²) in [6.45, 7) is 6.50. The van der Waals surface area contributed by atoms with E-state index < -0.39 is 5.82 Å². The summed E-state index contributed by atoms with van der Waals surface area (Å²) in [5, 5.41) is 12.7. The highest BCUT2D eigenvalue weighted by Crippen LogP contribution is 2.30. The van der Waals surface area contributed by atoms with Gasteiger partial charge in [0.05, 0.1) is 23.1 Å². The number of ether oxygens (including phenoxy) is 1. The Morgan fingerprint density at radius 3 is 2.67 bits per heavy atom. The molecule has 0 unspecified atom stereocenters. The summed E-state index contributed by atoms with van der Waals surface area (Å²) in [4.78, 5) is 24.1. The van der Waals surface area contributed by atoms with Crippen LogP contribution in [0.1, 0.15) is 12.8 Å². The van der Waals surface area contributed by atoms with Gasteiger partial charge in [-0.3, -0.25) is 9.88 Å². The standard InChI is InChI=1S/C31H33ClFN7O2/c1-38-10-7-21(8-11-38)20-39-12-14-40(15-13-39)31(41)42-24-3-4-25-28(6-9-34-29(25)18-24)36-23-17-30(37-35-19-23)26-16-22(32)2-5-27(26)33/h2-6,9,16-19,21H,7-8,10-15,20H2,1H3,(H,34,36,37). The molecule has 2 fully saturated rings. The van der Waals surface area contributed by atoms with Gasteiger partial charge in [0.15, 0.2) is 0 Å². The summed E-state index contributed by atoms with van der Waals surface area (Å²) in [5.74, 6) is 0.749. The Hall–Kier alpha value is -3.86. The van der Waals surface area contributed by atoms with Crippen LogP contribution in [0.5, 0.6) is 5.75 Å². The van der Waals surface area contributed by atoms with Gasteiger partial charge in [0, 0.05) is 66.6 Å². The van der Waals surface area contributed by atoms with Crippen LogP contribution in [0.2, 0.25) is 5.02 Å². The molecular weight excluding hydrogens is 557 g/mol. The smallest absolute Gasteiger partial charge is 0.410 e. The van der Waals surface area contributed by atoms with Crippen LogP contribution >= 0.6 is 11.6 Å². The molecule has 2 aromatic carbocycles. The number of hydrogen-bond acceptors (Lipinski definition) is 8. The monoisotopic (exact) mass is 589 g/mol. The van der Waals surface area contributed by atoms with Crippen LogP contribution in [0, 0.1) is 11.7 Å². The molecule has 2 saturated heterocycles. The highest BCUT2D eigenvalue weighted by molar-refractivity contribution is 6.30. The minimum atomic E-state index is -0.434. The van der Waals surface area contributed by atoms with Gasteiger partial charge in [-0.05, 0) is 81.4 Å². The van der Waals surface area contributed by atoms with Gasteiger partial charge >= 0.3 is 6.09 Å². The lowest BCUT2D eigenvalue weighted by atomic mass is 9.96. The Bertz CT molecular complexity index is 1570. The number of nitrogens with one attached hydrogen (secondary N) is 1. The summed E-state index contributed by atoms with van der Waals surface area (Å²) in [6.07, 6.45) is 5.38. The lowest BCUT2D eigenvalue weighted by Crippen LogP contribution is -2.51. The summed E-state index contributed by atoms with van der Waals surface area (Å²) < 4.78 is 20.1. The molecule has 0 radical (unpaired) electrons. The number of piperazine rings is 1. The van der Waals surface area contributed by atoms with Crippen molar-refractivity contribution in [2.75, 3.05) is 58.2 Å². The molecule has 0 atom stereocenters. The molecule has 0 aliphatic carbocycles. The zero-order valence-electron chi connectivity index (χ0n) is 23.5. The number of pyridine rings is 1. The van der Waals surface area contributed by atoms with E-state index in [1.54, 1.807) is 35.5 Å². The van der Waals surface area contributed by atoms with Crippen molar-refractivity contribution in [1.82, 2.24) is 29.9 Å². The lowest BCUT2D eigenvalue weighted by Gasteiger charge is -2.37. The molecule has 1 amide bonds. The van der Waals surface area contributed by atoms with E-state index in [1.807, 2.05) is 12.1 Å². The van der Waals surface area contributed by atoms with E-state index in [0.717, 1.165) is 36.6 Å². The molecule has 4 heterocycles. The third-order valence-electron chi connectivity index (χ3n) is 8.04. The van der Waals surface area contributed by atoms with E-state index in [0.29, 0.717) is 40.8 Å². The lowest BCUT2D eigenvalue weighted by molar-refractivity contribution is 0.0926. The molecule has 0 saturated carbocycles. The number of hydrogen-bond donors (Lipinski definition) is 1. The van der Waals surface area contributed by atoms with Gasteiger partial charge < -0.3 is 19.9 Å². The fourth-order valence-corrected chi connectivity index (χ4v) is 5.78. The Morgan fingerprint density at radius 1 is 1.05 bits per heavy atom. The van der Waals surface area contributed by atoms with E-state index >= 15 is 0 Å². The molecule has 2 aromatic heterocycles. The second kappa shape index (κ2) is 12.6. The predicted octanol–water partition coefficient (Wildman–Crippen LogP) is 5.69. The van der Waals surface area contributed by atoms with Crippen LogP contribution < -0.4 is 10.1 Å². The van der Waals surface area contributed by atoms with Crippen LogP contribution in [0.15, 0.2) is 60.9 Å². The van der Waals surface area contributed by atoms with Crippen molar-refractivity contribution in [3.8, 4) is 17.0 Å². The topological polar surface area (TPSA) is 86.7 Å². The van der Waals surface area contributed by atoms with Gasteiger partial charge in [-0.1, -0.05) is 11.6 Å². The molecule has 2 aliphatic rings. The molecule has 11 heteroatoms. The van der Waals surface area contributed by atoms with E-state index in [4.69, 9.17) is 16.3 Å². The van der Waals surface area contributed by atoms with Gasteiger partial charge in [0.1, 0.15) is 11.6 Å². The van der Waals surface area contributed by atoms with Gasteiger partial charge in [0.2, 0.25) is 0 Å². The van der Waals surface area contributed by atoms with Crippen molar-refractivity contribution < 1.29 is 13.9 Å². The summed E-state index contributed by atoms with van der Waals surface area (Å²) >= 11 is 6.06. The number of fused-ring (bicyclic) bond motifs is 1. The molecule has 0 spiro atoms. The van der Waals surface area contributed by atoms with Gasteiger partial charge in [-0.15, -0.1) is 0 Å². The van der Waals surface area contributed by atoms with Crippen molar-refractivity contribution in [2.24, 2.45) is 5.92 Å². The first-order valence-electron chi connectivity index (χ1n) is 14.2. The molecule has 6 rings (SSSR count). The van der Waals surface area contributed by atoms with Crippen LogP contribution in [-0.2, 0) is 0 Å². The molecule has 4 aromatic rings. The second-order valence-electron chi connectivity index (χ2n) is 11.0. The number of halogens is 2. The van der Waals surface area contributed by atoms with Gasteiger partial charge in [-0.2, -0.15) is 10.2 Å². The Kier molecular flexibility index (Phi) is 8.46. The van der Waals surface area contributed by atoms with Crippen LogP contribution in [0.4, 0.5) is 20.6 Å². The maximum atomic E-state index is 14.4. The first-order valence-corrected chi connectivity index (χ1v) is 14.6. The number of likely N-dealkylation sites (tertiary alicyclic amines) is 1. The molecule has 42 heavy (non-hydrogen) atoms. The number of rotatable bonds is 6. The molecule has 218 valence electrons. The quantitative estimate of drug-likeness (QED) is 0.307. The number of piperidine rings is 1. The van der Waals surface area contributed by atoms with Crippen molar-refractivity contribution in [1.29, 1.82) is 0 Å². The van der Waals surface area contributed by atoms with E-state index in [9.17, 15) is 9.18 Å². The van der Waals surface area contributed by atoms with E-state index in [1.165, 1.54) is 44.1 Å². The Labute approximate surface area is 249 Å². The minimum Gasteiger partial charge on any atom is -0.410 e. The maximum absolute atomic E-state index is 14.4. The van der Waals surface area contributed by atoms with Crippen LogP contribution in [0.3, 0.4) is 0 Å². The number of benzene rings is 2. The third kappa shape index (κ3) is 6.61. The Balaban J connectivity index is 1.09. The van der Waals surface area contributed by atoms with Crippen LogP contribution in [0.25, 0.3) is 22.2 Å². The van der Waals surface area contributed by atoms with Crippen molar-refractivity contribution in [3.63, 3.8) is 0 Å². The number of anilines is 2. The number of carbonyl (C=O) groups is 1. The van der Waals surface area contributed by atoms with Gasteiger partial charge in [0.25, 0.3) is 0 Å². The fraction of sp³-hybridized carbons (Fsp3) is 0.355. The van der Waals surface area contributed by atoms with Gasteiger partial charge in [-0.25, -0.2) is 9.18 Å². The third-order valence-corrected chi connectivity index (χ3v) is 8.28. The normalized spacial score (nSPS) is 17.0. The van der Waals surface area contributed by atoms with E-state index in [-0.39, 0.29) is 11.7 Å². The first-order chi connectivity index (χ1) is 20.4. The van der Waals surface area contributed by atoms with Crippen LogP contribution in [-0.4, -0.2) is 88.8 Å². The number of amides is 1. The Morgan fingerprint density at radius 2 is 1.86 bits per heavy atom. The maximum Gasteiger partial charge on any atom is 0.415 e. The average molecular weight is 590 g/mol. The molecule has 2 aliphatic heterocycles. The molecule has 9 nitrogen and oxygen atoms in total.